The maximum absolute atomic E-state index is 7.32. The molecule has 2 rings (SSSR count). The van der Waals surface area contributed by atoms with Crippen molar-refractivity contribution >= 4 is 0 Å². The number of aromatic nitrogens is 2. The monoisotopic (exact) mass is 526 g/mol. The van der Waals surface area contributed by atoms with Gasteiger partial charge in [0.25, 0.3) is 0 Å². The maximum atomic E-state index is 7.32. The summed E-state index contributed by atoms with van der Waals surface area (Å²) in [6.45, 7) is 34.7. The van der Waals surface area contributed by atoms with E-state index in [9.17, 15) is 0 Å². The van der Waals surface area contributed by atoms with E-state index in [0.717, 1.165) is 11.4 Å². The smallest absolute Gasteiger partial charge is 0.512 e. The topological polar surface area (TPSA) is 208 Å². The van der Waals surface area contributed by atoms with Gasteiger partial charge in [-0.15, -0.1) is 0 Å². The largest absolute Gasteiger partial charge is 3.00 e. The number of hydrogen-bond acceptors (Lipinski definition) is 7. The van der Waals surface area contributed by atoms with Gasteiger partial charge in [0.2, 0.25) is 0 Å². The molecule has 0 aliphatic heterocycles. The number of hydrogen-bond donors (Lipinski definition) is 0. The van der Waals surface area contributed by atoms with Gasteiger partial charge in [-0.1, -0.05) is 12.1 Å². The molecule has 10 nitrogen and oxygen atoms in total. The molecule has 0 spiro atoms. The Morgan fingerprint density at radius 3 is 1.00 bits per heavy atom. The Hall–Kier alpha value is -3.86. The minimum atomic E-state index is 0. The second-order valence-corrected chi connectivity index (χ2v) is 5.26. The molecule has 2 aromatic heterocycles. The minimum absolute atomic E-state index is 0. The Morgan fingerprint density at radius 1 is 0.657 bits per heavy atom. The van der Waals surface area contributed by atoms with Crippen LogP contribution in [-0.4, -0.2) is 51.6 Å². The summed E-state index contributed by atoms with van der Waals surface area (Å²) in [5.74, 6) is 0. The van der Waals surface area contributed by atoms with E-state index in [1.54, 1.807) is 18.5 Å². The summed E-state index contributed by atoms with van der Waals surface area (Å²) in [5, 5.41) is 32.3. The molecule has 0 unspecified atom stereocenters. The average Bonchev–Trinajstić information content (AvgIpc) is 2.92. The molecule has 0 bridgehead atoms. The van der Waals surface area contributed by atoms with E-state index in [2.05, 4.69) is 37.7 Å². The number of pyridine rings is 2. The van der Waals surface area contributed by atoms with Crippen LogP contribution in [0.25, 0.3) is 11.4 Å². The first-order valence-electron chi connectivity index (χ1n) is 9.50. The Morgan fingerprint density at radius 2 is 0.886 bits per heavy atom. The standard InChI is InChI=1S/C10H8N2.C8H20N.C2H3N.4CN.Co.2H2O/c1-3-7-11-9(5-1)10-6-2-4-8-12-10;1-5-9(6-2,7-3)8-4;1-2-3;4*1-2;;;/h1-8H;5-8H2,1-4H3;1H3;;;;;;2*1H2/q;+1;;4*-1;+3;;. The normalized spacial score (nSPS) is 6.86. The van der Waals surface area contributed by atoms with Gasteiger partial charge in [-0.2, -0.15) is 5.26 Å². The third kappa shape index (κ3) is 30.1. The zero-order valence-electron chi connectivity index (χ0n) is 20.9. The zero-order valence-corrected chi connectivity index (χ0v) is 21.9. The van der Waals surface area contributed by atoms with E-state index in [1.165, 1.54) is 37.6 Å². The Bertz CT molecular complexity index is 663. The first-order chi connectivity index (χ1) is 15.6. The molecule has 0 aliphatic rings. The first-order valence-corrected chi connectivity index (χ1v) is 9.50. The fourth-order valence-electron chi connectivity index (χ4n) is 2.37. The zero-order chi connectivity index (χ0) is 26.3. The molecule has 0 saturated heterocycles. The minimum Gasteiger partial charge on any atom is -0.512 e. The van der Waals surface area contributed by atoms with Crippen molar-refractivity contribution in [3.8, 4) is 17.5 Å². The molecule has 0 atom stereocenters. The van der Waals surface area contributed by atoms with Crippen LogP contribution in [0.1, 0.15) is 34.6 Å². The van der Waals surface area contributed by atoms with Crippen molar-refractivity contribution in [2.45, 2.75) is 34.6 Å². The summed E-state index contributed by atoms with van der Waals surface area (Å²) in [5.41, 5.74) is 1.83. The van der Waals surface area contributed by atoms with Gasteiger partial charge < -0.3 is 62.8 Å². The van der Waals surface area contributed by atoms with Crippen molar-refractivity contribution in [2.75, 3.05) is 26.2 Å². The molecule has 0 saturated carbocycles. The van der Waals surface area contributed by atoms with Crippen LogP contribution in [0.2, 0.25) is 0 Å². The van der Waals surface area contributed by atoms with Crippen LogP contribution in [0.15, 0.2) is 48.8 Å². The number of rotatable bonds is 5. The fraction of sp³-hybridized carbons (Fsp3) is 0.375. The summed E-state index contributed by atoms with van der Waals surface area (Å²) < 4.78 is 1.28. The molecule has 0 aliphatic carbocycles. The first kappa shape index (κ1) is 52.8. The van der Waals surface area contributed by atoms with Crippen molar-refractivity contribution in [1.82, 2.24) is 9.97 Å². The average molecular weight is 527 g/mol. The van der Waals surface area contributed by atoms with E-state index in [0.29, 0.717) is 0 Å². The molecular formula is C24H35CoN8O2. The Labute approximate surface area is 221 Å². The summed E-state index contributed by atoms with van der Waals surface area (Å²) in [6, 6.07) is 13.3. The molecule has 0 amide bonds. The molecule has 0 aromatic carbocycles. The van der Waals surface area contributed by atoms with E-state index >= 15 is 0 Å². The van der Waals surface area contributed by atoms with Gasteiger partial charge in [0.05, 0.1) is 43.6 Å². The molecule has 35 heavy (non-hydrogen) atoms. The van der Waals surface area contributed by atoms with Gasteiger partial charge in [0.15, 0.2) is 0 Å². The predicted molar refractivity (Wildman–Crippen MR) is 128 cm³/mol. The second kappa shape index (κ2) is 47.8. The van der Waals surface area contributed by atoms with Crippen molar-refractivity contribution < 1.29 is 32.2 Å². The van der Waals surface area contributed by atoms with Crippen LogP contribution in [0.5, 0.6) is 0 Å². The van der Waals surface area contributed by atoms with Gasteiger partial charge in [-0.25, -0.2) is 0 Å². The molecule has 0 radical (unpaired) electrons. The molecule has 2 heterocycles. The predicted octanol–water partition coefficient (Wildman–Crippen LogP) is 3.29. The van der Waals surface area contributed by atoms with E-state index in [1.807, 2.05) is 36.4 Å². The van der Waals surface area contributed by atoms with Crippen LogP contribution in [-0.2, 0) is 16.8 Å². The van der Waals surface area contributed by atoms with Crippen LogP contribution in [0.4, 0.5) is 0 Å². The molecule has 0 fully saturated rings. The quantitative estimate of drug-likeness (QED) is 0.419. The summed E-state index contributed by atoms with van der Waals surface area (Å²) in [6.07, 6.45) is 3.54. The number of nitrogens with zero attached hydrogens (tertiary/aromatic N) is 8. The van der Waals surface area contributed by atoms with E-state index in [4.69, 9.17) is 52.6 Å². The van der Waals surface area contributed by atoms with Gasteiger partial charge in [-0.05, 0) is 52.0 Å². The van der Waals surface area contributed by atoms with Crippen molar-refractivity contribution in [3.63, 3.8) is 0 Å². The Balaban J connectivity index is -0.0000000475. The molecule has 2 aromatic rings. The summed E-state index contributed by atoms with van der Waals surface area (Å²) in [7, 11) is 0. The van der Waals surface area contributed by atoms with Gasteiger partial charge >= 0.3 is 16.8 Å². The van der Waals surface area contributed by atoms with Gasteiger partial charge in [0, 0.05) is 19.3 Å². The van der Waals surface area contributed by atoms with Crippen LogP contribution < -0.4 is 0 Å². The number of nitriles is 1. The molecular weight excluding hydrogens is 491 g/mol. The SMILES string of the molecule is CC#N.CC[N+](CC)(CC)CC.O.O.[C-]#N.[C-]#N.[C-]#N.[C-]#N.[Co+3].c1ccc(-c2ccccn2)nc1. The van der Waals surface area contributed by atoms with Crippen molar-refractivity contribution in [2.24, 2.45) is 0 Å². The third-order valence-corrected chi connectivity index (χ3v) is 4.28. The summed E-state index contributed by atoms with van der Waals surface area (Å²) >= 11 is 0. The van der Waals surface area contributed by atoms with Crippen LogP contribution in [0.3, 0.4) is 0 Å². The Kier molecular flexibility index (Phi) is 72.1. The third-order valence-electron chi connectivity index (χ3n) is 4.28. The number of quaternary nitrogens is 1. The molecule has 11 heteroatoms. The van der Waals surface area contributed by atoms with Crippen LogP contribution >= 0.6 is 0 Å². The molecule has 192 valence electrons. The van der Waals surface area contributed by atoms with Crippen LogP contribution in [0, 0.1) is 58.7 Å². The van der Waals surface area contributed by atoms with Gasteiger partial charge in [-0.3, -0.25) is 9.97 Å². The van der Waals surface area contributed by atoms with E-state index in [-0.39, 0.29) is 27.7 Å². The van der Waals surface area contributed by atoms with Gasteiger partial charge in [0.1, 0.15) is 0 Å². The summed E-state index contributed by atoms with van der Waals surface area (Å²) in [4.78, 5) is 8.37. The fourth-order valence-corrected chi connectivity index (χ4v) is 2.37. The van der Waals surface area contributed by atoms with Crippen molar-refractivity contribution in [1.29, 1.82) is 26.3 Å². The maximum Gasteiger partial charge on any atom is 3.00 e. The van der Waals surface area contributed by atoms with Crippen molar-refractivity contribution in [3.05, 3.63) is 75.1 Å². The molecule has 4 N–H and O–H groups in total. The second-order valence-electron chi connectivity index (χ2n) is 5.26. The van der Waals surface area contributed by atoms with E-state index < -0.39 is 0 Å².